The highest BCUT2D eigenvalue weighted by atomic mass is 16.5. The van der Waals surface area contributed by atoms with Gasteiger partial charge in [0.1, 0.15) is 0 Å². The number of ether oxygens (including phenoxy) is 1. The maximum Gasteiger partial charge on any atom is 0.0776 e. The van der Waals surface area contributed by atoms with Crippen molar-refractivity contribution in [3.8, 4) is 0 Å². The molecule has 0 amide bonds. The van der Waals surface area contributed by atoms with Crippen molar-refractivity contribution >= 4 is 0 Å². The van der Waals surface area contributed by atoms with Crippen LogP contribution in [0.3, 0.4) is 0 Å². The summed E-state index contributed by atoms with van der Waals surface area (Å²) in [4.78, 5) is 0. The van der Waals surface area contributed by atoms with Gasteiger partial charge in [-0.3, -0.25) is 0 Å². The lowest BCUT2D eigenvalue weighted by atomic mass is 9.78. The molecule has 2 heteroatoms. The summed E-state index contributed by atoms with van der Waals surface area (Å²) >= 11 is 0. The highest BCUT2D eigenvalue weighted by molar-refractivity contribution is 4.87. The second-order valence-electron chi connectivity index (χ2n) is 5.40. The maximum absolute atomic E-state index is 6.33. The van der Waals surface area contributed by atoms with E-state index in [1.54, 1.807) is 0 Å². The molecule has 0 aliphatic heterocycles. The molecule has 0 spiro atoms. The van der Waals surface area contributed by atoms with E-state index in [0.717, 1.165) is 19.4 Å². The SMILES string of the molecule is CCOC(C(N)C(CC)CC)C(C)(C)C. The molecule has 0 aromatic heterocycles. The van der Waals surface area contributed by atoms with E-state index in [1.165, 1.54) is 0 Å². The van der Waals surface area contributed by atoms with Crippen molar-refractivity contribution in [2.45, 2.75) is 66.5 Å². The zero-order valence-corrected chi connectivity index (χ0v) is 11.3. The lowest BCUT2D eigenvalue weighted by Gasteiger charge is -2.38. The van der Waals surface area contributed by atoms with Gasteiger partial charge in [0.25, 0.3) is 0 Å². The average molecular weight is 215 g/mol. The van der Waals surface area contributed by atoms with E-state index < -0.39 is 0 Å². The Kier molecular flexibility index (Phi) is 6.46. The Labute approximate surface area is 95.6 Å². The van der Waals surface area contributed by atoms with Gasteiger partial charge >= 0.3 is 0 Å². The molecule has 0 rings (SSSR count). The summed E-state index contributed by atoms with van der Waals surface area (Å²) in [5.74, 6) is 0.570. The van der Waals surface area contributed by atoms with E-state index in [1.807, 2.05) is 6.92 Å². The van der Waals surface area contributed by atoms with Crippen LogP contribution in [-0.4, -0.2) is 18.8 Å². The van der Waals surface area contributed by atoms with Gasteiger partial charge in [0, 0.05) is 12.6 Å². The monoisotopic (exact) mass is 215 g/mol. The molecule has 0 heterocycles. The van der Waals surface area contributed by atoms with Crippen LogP contribution in [0.2, 0.25) is 0 Å². The predicted molar refractivity (Wildman–Crippen MR) is 66.9 cm³/mol. The van der Waals surface area contributed by atoms with Gasteiger partial charge in [-0.05, 0) is 18.3 Å². The van der Waals surface area contributed by atoms with E-state index in [2.05, 4.69) is 34.6 Å². The third-order valence-corrected chi connectivity index (χ3v) is 3.14. The molecule has 2 nitrogen and oxygen atoms in total. The summed E-state index contributed by atoms with van der Waals surface area (Å²) in [6.07, 6.45) is 2.43. The fourth-order valence-corrected chi connectivity index (χ4v) is 2.20. The van der Waals surface area contributed by atoms with Gasteiger partial charge in [-0.15, -0.1) is 0 Å². The van der Waals surface area contributed by atoms with Gasteiger partial charge in [0.2, 0.25) is 0 Å². The van der Waals surface area contributed by atoms with E-state index in [-0.39, 0.29) is 17.6 Å². The van der Waals surface area contributed by atoms with Crippen molar-refractivity contribution in [1.29, 1.82) is 0 Å². The first kappa shape index (κ1) is 14.9. The lowest BCUT2D eigenvalue weighted by Crippen LogP contribution is -2.49. The summed E-state index contributed by atoms with van der Waals surface area (Å²) in [7, 11) is 0. The molecule has 0 aliphatic carbocycles. The molecule has 0 aliphatic rings. The summed E-state index contributed by atoms with van der Waals surface area (Å²) in [5, 5.41) is 0. The van der Waals surface area contributed by atoms with Crippen LogP contribution in [0.25, 0.3) is 0 Å². The molecule has 92 valence electrons. The third kappa shape index (κ3) is 4.52. The highest BCUT2D eigenvalue weighted by Gasteiger charge is 2.33. The van der Waals surface area contributed by atoms with Gasteiger partial charge < -0.3 is 10.5 Å². The second-order valence-corrected chi connectivity index (χ2v) is 5.40. The van der Waals surface area contributed by atoms with Crippen LogP contribution in [-0.2, 0) is 4.74 Å². The Bertz CT molecular complexity index is 158. The van der Waals surface area contributed by atoms with Crippen molar-refractivity contribution in [2.75, 3.05) is 6.61 Å². The molecule has 0 radical (unpaired) electrons. The Morgan fingerprint density at radius 1 is 1.07 bits per heavy atom. The van der Waals surface area contributed by atoms with Crippen molar-refractivity contribution in [3.05, 3.63) is 0 Å². The minimum absolute atomic E-state index is 0.123. The van der Waals surface area contributed by atoms with Crippen LogP contribution in [0.1, 0.15) is 54.4 Å². The summed E-state index contributed by atoms with van der Waals surface area (Å²) < 4.78 is 5.83. The van der Waals surface area contributed by atoms with E-state index in [4.69, 9.17) is 10.5 Å². The molecule has 2 unspecified atom stereocenters. The van der Waals surface area contributed by atoms with Crippen LogP contribution >= 0.6 is 0 Å². The van der Waals surface area contributed by atoms with Crippen molar-refractivity contribution in [1.82, 2.24) is 0 Å². The zero-order chi connectivity index (χ0) is 12.1. The Balaban J connectivity index is 4.60. The topological polar surface area (TPSA) is 35.2 Å². The molecule has 0 bridgehead atoms. The number of rotatable bonds is 6. The van der Waals surface area contributed by atoms with Crippen LogP contribution in [0, 0.1) is 11.3 Å². The minimum Gasteiger partial charge on any atom is -0.376 e. The van der Waals surface area contributed by atoms with Gasteiger partial charge in [-0.2, -0.15) is 0 Å². The molecular weight excluding hydrogens is 186 g/mol. The molecule has 0 saturated heterocycles. The quantitative estimate of drug-likeness (QED) is 0.738. The summed E-state index contributed by atoms with van der Waals surface area (Å²) in [6, 6.07) is 0.153. The van der Waals surface area contributed by atoms with E-state index in [0.29, 0.717) is 5.92 Å². The summed E-state index contributed by atoms with van der Waals surface area (Å²) in [5.41, 5.74) is 6.45. The highest BCUT2D eigenvalue weighted by Crippen LogP contribution is 2.29. The fraction of sp³-hybridized carbons (Fsp3) is 1.00. The van der Waals surface area contributed by atoms with Crippen LogP contribution in [0.15, 0.2) is 0 Å². The van der Waals surface area contributed by atoms with Crippen LogP contribution in [0.5, 0.6) is 0 Å². The largest absolute Gasteiger partial charge is 0.376 e. The number of hydrogen-bond acceptors (Lipinski definition) is 2. The van der Waals surface area contributed by atoms with Gasteiger partial charge in [0.15, 0.2) is 0 Å². The first-order valence-corrected chi connectivity index (χ1v) is 6.25. The van der Waals surface area contributed by atoms with Crippen molar-refractivity contribution < 1.29 is 4.74 Å². The molecule has 0 fully saturated rings. The first-order valence-electron chi connectivity index (χ1n) is 6.25. The molecule has 2 N–H and O–H groups in total. The lowest BCUT2D eigenvalue weighted by molar-refractivity contribution is -0.0403. The molecule has 0 aromatic carbocycles. The third-order valence-electron chi connectivity index (χ3n) is 3.14. The molecule has 0 aromatic rings. The second kappa shape index (κ2) is 6.49. The van der Waals surface area contributed by atoms with Gasteiger partial charge in [-0.1, -0.05) is 47.5 Å². The van der Waals surface area contributed by atoms with Crippen LogP contribution in [0.4, 0.5) is 0 Å². The van der Waals surface area contributed by atoms with E-state index in [9.17, 15) is 0 Å². The number of nitrogens with two attached hydrogens (primary N) is 1. The predicted octanol–water partition coefficient (Wildman–Crippen LogP) is 3.20. The molecular formula is C13H29NO. The molecule has 15 heavy (non-hydrogen) atoms. The molecule has 2 atom stereocenters. The summed E-state index contributed by atoms with van der Waals surface area (Å²) in [6.45, 7) is 13.8. The van der Waals surface area contributed by atoms with Gasteiger partial charge in [0.05, 0.1) is 6.10 Å². The zero-order valence-electron chi connectivity index (χ0n) is 11.3. The Hall–Kier alpha value is -0.0800. The van der Waals surface area contributed by atoms with E-state index >= 15 is 0 Å². The minimum atomic E-state index is 0.123. The average Bonchev–Trinajstić information content (AvgIpc) is 2.14. The standard InChI is InChI=1S/C13H29NO/c1-7-10(8-2)11(14)12(15-9-3)13(4,5)6/h10-12H,7-9,14H2,1-6H3. The Morgan fingerprint density at radius 2 is 1.53 bits per heavy atom. The van der Waals surface area contributed by atoms with Gasteiger partial charge in [-0.25, -0.2) is 0 Å². The first-order chi connectivity index (χ1) is 6.88. The maximum atomic E-state index is 6.33. The molecule has 0 saturated carbocycles. The van der Waals surface area contributed by atoms with Crippen molar-refractivity contribution in [3.63, 3.8) is 0 Å². The number of hydrogen-bond donors (Lipinski definition) is 1. The smallest absolute Gasteiger partial charge is 0.0776 e. The van der Waals surface area contributed by atoms with Crippen LogP contribution < -0.4 is 5.73 Å². The van der Waals surface area contributed by atoms with Crippen molar-refractivity contribution in [2.24, 2.45) is 17.1 Å². The normalized spacial score (nSPS) is 16.8. The Morgan fingerprint density at radius 3 is 1.80 bits per heavy atom. The fourth-order valence-electron chi connectivity index (χ4n) is 2.20.